The molecule has 0 bridgehead atoms. The molecule has 3 aromatic rings. The summed E-state index contributed by atoms with van der Waals surface area (Å²) in [5, 5.41) is 25.5. The Bertz CT molecular complexity index is 949. The maximum atomic E-state index is 9.21. The number of halogens is 1. The van der Waals surface area contributed by atoms with Gasteiger partial charge >= 0.3 is 0 Å². The van der Waals surface area contributed by atoms with Crippen LogP contribution in [-0.4, -0.2) is 44.8 Å². The molecule has 25 heavy (non-hydrogen) atoms. The molecule has 8 nitrogen and oxygen atoms in total. The van der Waals surface area contributed by atoms with Gasteiger partial charge in [0.2, 0.25) is 0 Å². The molecule has 0 spiro atoms. The van der Waals surface area contributed by atoms with Crippen LogP contribution >= 0.6 is 12.4 Å². The second-order valence-corrected chi connectivity index (χ2v) is 5.88. The van der Waals surface area contributed by atoms with E-state index in [4.69, 9.17) is 4.74 Å². The molecule has 3 aromatic heterocycles. The summed E-state index contributed by atoms with van der Waals surface area (Å²) >= 11 is 0. The molecular formula is C16H18ClN7O. The van der Waals surface area contributed by atoms with Crippen molar-refractivity contribution in [3.63, 3.8) is 0 Å². The first-order chi connectivity index (χ1) is 11.7. The van der Waals surface area contributed by atoms with Crippen LogP contribution in [0.4, 0.5) is 0 Å². The fraction of sp³-hybridized carbons (Fsp3) is 0.375. The lowest BCUT2D eigenvalue weighted by molar-refractivity contribution is 0.417. The van der Waals surface area contributed by atoms with E-state index in [1.807, 2.05) is 23.9 Å². The van der Waals surface area contributed by atoms with Gasteiger partial charge in [-0.05, 0) is 26.0 Å². The first kappa shape index (κ1) is 17.2. The Kier molecular flexibility index (Phi) is 4.61. The fourth-order valence-electron chi connectivity index (χ4n) is 3.25. The molecule has 1 aliphatic heterocycles. The molecule has 4 heterocycles. The lowest BCUT2D eigenvalue weighted by Crippen LogP contribution is -2.15. The molecule has 0 aliphatic carbocycles. The molecule has 0 aromatic carbocycles. The predicted molar refractivity (Wildman–Crippen MR) is 94.0 cm³/mol. The monoisotopic (exact) mass is 359 g/mol. The van der Waals surface area contributed by atoms with E-state index in [2.05, 4.69) is 26.8 Å². The van der Waals surface area contributed by atoms with Crippen LogP contribution in [0.15, 0.2) is 18.5 Å². The van der Waals surface area contributed by atoms with Crippen LogP contribution in [0.25, 0.3) is 16.8 Å². The van der Waals surface area contributed by atoms with Crippen molar-refractivity contribution in [3.05, 3.63) is 29.7 Å². The van der Waals surface area contributed by atoms with Gasteiger partial charge in [0.05, 0.1) is 25.0 Å². The summed E-state index contributed by atoms with van der Waals surface area (Å²) in [6.07, 6.45) is 4.44. The molecule has 0 saturated carbocycles. The van der Waals surface area contributed by atoms with E-state index in [9.17, 15) is 5.26 Å². The van der Waals surface area contributed by atoms with Gasteiger partial charge in [-0.15, -0.1) is 17.5 Å². The molecule has 0 radical (unpaired) electrons. The molecule has 1 N–H and O–H groups in total. The van der Waals surface area contributed by atoms with Gasteiger partial charge in [-0.3, -0.25) is 0 Å². The minimum atomic E-state index is 0. The van der Waals surface area contributed by atoms with Crippen molar-refractivity contribution in [2.75, 3.05) is 20.2 Å². The van der Waals surface area contributed by atoms with Gasteiger partial charge in [0.1, 0.15) is 28.6 Å². The number of methoxy groups -OCH3 is 1. The Balaban J connectivity index is 0.00000182. The quantitative estimate of drug-likeness (QED) is 0.765. The van der Waals surface area contributed by atoms with E-state index in [0.29, 0.717) is 22.9 Å². The van der Waals surface area contributed by atoms with Crippen LogP contribution < -0.4 is 10.1 Å². The zero-order chi connectivity index (χ0) is 16.7. The second kappa shape index (κ2) is 6.70. The van der Waals surface area contributed by atoms with E-state index in [0.717, 1.165) is 36.5 Å². The van der Waals surface area contributed by atoms with Crippen LogP contribution in [0, 0.1) is 18.3 Å². The number of ether oxygens (including phenoxy) is 1. The van der Waals surface area contributed by atoms with E-state index in [1.165, 1.54) is 6.20 Å². The standard InChI is InChI=1S/C16H17N7O.ClH/c1-10-15(20-21-23(10)13-3-4-18-8-13)11-5-14(24-2)16-12(6-17)7-19-22(16)9-11;/h5,7,9,13,18H,3-4,8H2,1-2H3;1H/t13-;/m1./s1. The normalized spacial score (nSPS) is 16.6. The Hall–Kier alpha value is -2.63. The van der Waals surface area contributed by atoms with E-state index in [1.54, 1.807) is 11.6 Å². The van der Waals surface area contributed by atoms with Crippen LogP contribution in [0.2, 0.25) is 0 Å². The highest BCUT2D eigenvalue weighted by Gasteiger charge is 2.22. The number of hydrogen-bond donors (Lipinski definition) is 1. The molecule has 1 saturated heterocycles. The van der Waals surface area contributed by atoms with Gasteiger partial charge in [-0.1, -0.05) is 5.21 Å². The first-order valence-electron chi connectivity index (χ1n) is 7.81. The van der Waals surface area contributed by atoms with E-state index < -0.39 is 0 Å². The van der Waals surface area contributed by atoms with Gasteiger partial charge in [-0.2, -0.15) is 10.4 Å². The van der Waals surface area contributed by atoms with Crippen LogP contribution in [0.5, 0.6) is 5.75 Å². The number of nitriles is 1. The summed E-state index contributed by atoms with van der Waals surface area (Å²) in [6.45, 7) is 3.94. The SMILES string of the molecule is COc1cc(-c2nnn([C@@H]3CCNC3)c2C)cn2ncc(C#N)c12.Cl. The van der Waals surface area contributed by atoms with Gasteiger partial charge in [0.25, 0.3) is 0 Å². The predicted octanol–water partition coefficient (Wildman–Crippen LogP) is 1.74. The summed E-state index contributed by atoms with van der Waals surface area (Å²) in [4.78, 5) is 0. The zero-order valence-corrected chi connectivity index (χ0v) is 14.7. The molecule has 9 heteroatoms. The first-order valence-corrected chi connectivity index (χ1v) is 7.81. The number of fused-ring (bicyclic) bond motifs is 1. The minimum Gasteiger partial charge on any atom is -0.494 e. The Morgan fingerprint density at radius 2 is 2.28 bits per heavy atom. The lowest BCUT2D eigenvalue weighted by atomic mass is 10.1. The highest BCUT2D eigenvalue weighted by atomic mass is 35.5. The number of rotatable bonds is 3. The highest BCUT2D eigenvalue weighted by Crippen LogP contribution is 2.31. The van der Waals surface area contributed by atoms with Crippen LogP contribution in [0.3, 0.4) is 0 Å². The van der Waals surface area contributed by atoms with Crippen LogP contribution in [-0.2, 0) is 0 Å². The van der Waals surface area contributed by atoms with Gasteiger partial charge < -0.3 is 10.1 Å². The number of hydrogen-bond acceptors (Lipinski definition) is 6. The summed E-state index contributed by atoms with van der Waals surface area (Å²) in [5.74, 6) is 0.595. The largest absolute Gasteiger partial charge is 0.494 e. The Morgan fingerprint density at radius 1 is 1.44 bits per heavy atom. The van der Waals surface area contributed by atoms with Crippen molar-refractivity contribution in [3.8, 4) is 23.1 Å². The summed E-state index contributed by atoms with van der Waals surface area (Å²) < 4.78 is 9.10. The van der Waals surface area contributed by atoms with Crippen molar-refractivity contribution in [1.82, 2.24) is 29.9 Å². The molecule has 1 atom stereocenters. The highest BCUT2D eigenvalue weighted by molar-refractivity contribution is 5.85. The fourth-order valence-corrected chi connectivity index (χ4v) is 3.25. The zero-order valence-electron chi connectivity index (χ0n) is 13.9. The number of nitrogens with one attached hydrogen (secondary N) is 1. The van der Waals surface area contributed by atoms with Crippen molar-refractivity contribution in [2.45, 2.75) is 19.4 Å². The molecule has 4 rings (SSSR count). The topological polar surface area (TPSA) is 93.1 Å². The average Bonchev–Trinajstić information content (AvgIpc) is 3.32. The molecule has 1 aliphatic rings. The third-order valence-electron chi connectivity index (χ3n) is 4.50. The van der Waals surface area contributed by atoms with Crippen LogP contribution in [0.1, 0.15) is 23.7 Å². The van der Waals surface area contributed by atoms with Crippen molar-refractivity contribution in [1.29, 1.82) is 5.26 Å². The minimum absolute atomic E-state index is 0. The van der Waals surface area contributed by atoms with Gasteiger partial charge in [0.15, 0.2) is 0 Å². The lowest BCUT2D eigenvalue weighted by Gasteiger charge is -2.11. The summed E-state index contributed by atoms with van der Waals surface area (Å²) in [5.41, 5.74) is 3.82. The Labute approximate surface area is 150 Å². The summed E-state index contributed by atoms with van der Waals surface area (Å²) in [6, 6.07) is 4.35. The van der Waals surface area contributed by atoms with E-state index >= 15 is 0 Å². The Morgan fingerprint density at radius 3 is 2.96 bits per heavy atom. The number of nitrogens with zero attached hydrogens (tertiary/aromatic N) is 6. The molecule has 0 amide bonds. The third kappa shape index (κ3) is 2.71. The third-order valence-corrected chi connectivity index (χ3v) is 4.50. The second-order valence-electron chi connectivity index (χ2n) is 5.88. The molecule has 1 fully saturated rings. The summed E-state index contributed by atoms with van der Waals surface area (Å²) in [7, 11) is 1.58. The average molecular weight is 360 g/mol. The molecule has 0 unspecified atom stereocenters. The molecule has 130 valence electrons. The number of pyridine rings is 1. The number of aromatic nitrogens is 5. The smallest absolute Gasteiger partial charge is 0.146 e. The van der Waals surface area contributed by atoms with Crippen molar-refractivity contribution < 1.29 is 4.74 Å². The maximum Gasteiger partial charge on any atom is 0.146 e. The van der Waals surface area contributed by atoms with E-state index in [-0.39, 0.29) is 12.4 Å². The van der Waals surface area contributed by atoms with Gasteiger partial charge in [-0.25, -0.2) is 9.20 Å². The van der Waals surface area contributed by atoms with Crippen molar-refractivity contribution >= 4 is 17.9 Å². The van der Waals surface area contributed by atoms with Crippen molar-refractivity contribution in [2.24, 2.45) is 0 Å². The maximum absolute atomic E-state index is 9.21. The molecular weight excluding hydrogens is 342 g/mol. The van der Waals surface area contributed by atoms with Gasteiger partial charge in [0, 0.05) is 18.3 Å².